The van der Waals surface area contributed by atoms with Gasteiger partial charge in [0.05, 0.1) is 51.6 Å². The van der Waals surface area contributed by atoms with E-state index in [1.54, 1.807) is 48.5 Å². The quantitative estimate of drug-likeness (QED) is 0.0849. The van der Waals surface area contributed by atoms with Crippen molar-refractivity contribution in [2.75, 3.05) is 42.7 Å². The van der Waals surface area contributed by atoms with Gasteiger partial charge in [-0.2, -0.15) is 16.8 Å². The van der Waals surface area contributed by atoms with Crippen LogP contribution in [0.5, 0.6) is 46.0 Å². The number of rotatable bonds is 12. The Labute approximate surface area is 397 Å². The maximum Gasteiger partial charge on any atom is 0.339 e. The van der Waals surface area contributed by atoms with Gasteiger partial charge in [-0.25, -0.2) is 0 Å². The van der Waals surface area contributed by atoms with Gasteiger partial charge < -0.3 is 36.8 Å². The highest BCUT2D eigenvalue weighted by molar-refractivity contribution is 9.11. The Balaban J connectivity index is 1.59. The summed E-state index contributed by atoms with van der Waals surface area (Å²) in [4.78, 5) is -0.110. The van der Waals surface area contributed by atoms with Gasteiger partial charge >= 0.3 is 20.2 Å². The molecule has 0 saturated heterocycles. The van der Waals surface area contributed by atoms with Crippen LogP contribution in [0.4, 0.5) is 0 Å². The molecule has 0 N–H and O–H groups in total. The van der Waals surface area contributed by atoms with E-state index in [-0.39, 0.29) is 30.2 Å². The molecule has 9 rings (SSSR count). The molecule has 16 heteroatoms. The Bertz CT molecular complexity index is 3480. The Kier molecular flexibility index (Phi) is 11.5. The predicted molar refractivity (Wildman–Crippen MR) is 264 cm³/mol. The molecule has 9 aromatic rings. The first kappa shape index (κ1) is 45.0. The van der Waals surface area contributed by atoms with Crippen LogP contribution in [0, 0.1) is 13.8 Å². The molecule has 0 fully saturated rings. The van der Waals surface area contributed by atoms with Crippen LogP contribution in [0.15, 0.2) is 116 Å². The minimum Gasteiger partial charge on any atom is -0.496 e. The lowest BCUT2D eigenvalue weighted by Gasteiger charge is -2.23. The highest BCUT2D eigenvalue weighted by Gasteiger charge is 2.31. The minimum absolute atomic E-state index is 0.0326. The first-order valence-corrected chi connectivity index (χ1v) is 24.5. The summed E-state index contributed by atoms with van der Waals surface area (Å²) in [5, 5.41) is 5.78. The van der Waals surface area contributed by atoms with Crippen LogP contribution in [0.1, 0.15) is 11.1 Å². The van der Waals surface area contributed by atoms with Gasteiger partial charge in [-0.1, -0.05) is 35.4 Å². The standard InChI is InChI=1S/C50H40Br2O12S2/c1-25-9-13-27(14-10-25)65(53,54)63-49-35(51)23-39(59-5)33-21-37(57-3)29-17-19-31-43(41(29)45(33)49)44-32(48(62-8)47(31)61-7)20-18-30-38(58-4)22-34-40(60-6)24-36(52)50(46(34)42(30)44)64-66(55,56)28-15-11-26(2)12-16-28/h9-24H,1-8H3. The monoisotopic (exact) mass is 1050 g/mol. The van der Waals surface area contributed by atoms with Crippen LogP contribution < -0.4 is 36.8 Å². The summed E-state index contributed by atoms with van der Waals surface area (Å²) in [5.74, 6) is 2.26. The molecule has 0 unspecified atom stereocenters. The van der Waals surface area contributed by atoms with E-state index in [0.717, 1.165) is 11.1 Å². The van der Waals surface area contributed by atoms with Crippen molar-refractivity contribution in [2.45, 2.75) is 23.6 Å². The maximum absolute atomic E-state index is 14.3. The van der Waals surface area contributed by atoms with E-state index in [1.807, 2.05) is 38.1 Å². The first-order valence-electron chi connectivity index (χ1n) is 20.1. The third kappa shape index (κ3) is 7.12. The number of fused-ring (bicyclic) bond motifs is 11. The fraction of sp³-hybridized carbons (Fsp3) is 0.160. The van der Waals surface area contributed by atoms with Crippen molar-refractivity contribution in [1.82, 2.24) is 0 Å². The van der Waals surface area contributed by atoms with Crippen LogP contribution in [0.2, 0.25) is 0 Å². The van der Waals surface area contributed by atoms with Crippen molar-refractivity contribution < 1.29 is 53.6 Å². The molecule has 338 valence electrons. The Hall–Kier alpha value is -6.20. The molecule has 0 aliphatic heterocycles. The van der Waals surface area contributed by atoms with Gasteiger partial charge in [0, 0.05) is 64.6 Å². The second kappa shape index (κ2) is 16.9. The summed E-state index contributed by atoms with van der Waals surface area (Å²) in [7, 11) is 0.249. The van der Waals surface area contributed by atoms with Gasteiger partial charge in [0.2, 0.25) is 0 Å². The number of methoxy groups -OCH3 is 6. The third-order valence-electron chi connectivity index (χ3n) is 11.7. The summed E-state index contributed by atoms with van der Waals surface area (Å²) in [5.41, 5.74) is 1.74. The van der Waals surface area contributed by atoms with Gasteiger partial charge in [0.15, 0.2) is 23.0 Å². The lowest BCUT2D eigenvalue weighted by Crippen LogP contribution is -2.11. The largest absolute Gasteiger partial charge is 0.496 e. The molecule has 0 bridgehead atoms. The fourth-order valence-electron chi connectivity index (χ4n) is 8.69. The summed E-state index contributed by atoms with van der Waals surface area (Å²) in [6.07, 6.45) is 0. The summed E-state index contributed by atoms with van der Waals surface area (Å²) >= 11 is 7.31. The second-order valence-corrected chi connectivity index (χ2v) is 20.2. The van der Waals surface area contributed by atoms with Gasteiger partial charge in [0.1, 0.15) is 32.8 Å². The first-order chi connectivity index (χ1) is 31.6. The van der Waals surface area contributed by atoms with Gasteiger partial charge in [-0.3, -0.25) is 0 Å². The molecule has 0 aliphatic rings. The predicted octanol–water partition coefficient (Wildman–Crippen LogP) is 12.3. The van der Waals surface area contributed by atoms with Crippen LogP contribution in [0.3, 0.4) is 0 Å². The lowest BCUT2D eigenvalue weighted by molar-refractivity contribution is 0.362. The number of benzene rings is 9. The molecular formula is C50H40Br2O12S2. The minimum atomic E-state index is -4.46. The lowest BCUT2D eigenvalue weighted by atomic mass is 9.87. The third-order valence-corrected chi connectivity index (χ3v) is 15.4. The van der Waals surface area contributed by atoms with E-state index in [2.05, 4.69) is 31.9 Å². The van der Waals surface area contributed by atoms with E-state index in [0.29, 0.717) is 99.1 Å². The highest BCUT2D eigenvalue weighted by Crippen LogP contribution is 2.56. The average molecular weight is 1060 g/mol. The van der Waals surface area contributed by atoms with Crippen molar-refractivity contribution >= 4 is 117 Å². The highest BCUT2D eigenvalue weighted by atomic mass is 79.9. The smallest absolute Gasteiger partial charge is 0.339 e. The van der Waals surface area contributed by atoms with Gasteiger partial charge in [0.25, 0.3) is 0 Å². The van der Waals surface area contributed by atoms with Crippen molar-refractivity contribution in [3.8, 4) is 46.0 Å². The molecule has 0 aromatic heterocycles. The molecule has 9 aromatic carbocycles. The molecular weight excluding hydrogens is 1020 g/mol. The van der Waals surface area contributed by atoms with Crippen LogP contribution in [-0.2, 0) is 20.2 Å². The van der Waals surface area contributed by atoms with Crippen molar-refractivity contribution in [1.29, 1.82) is 0 Å². The van der Waals surface area contributed by atoms with E-state index in [1.165, 1.54) is 66.9 Å². The Morgan fingerprint density at radius 1 is 0.348 bits per heavy atom. The second-order valence-electron chi connectivity index (χ2n) is 15.4. The van der Waals surface area contributed by atoms with Gasteiger partial charge in [-0.05, 0) is 119 Å². The molecule has 0 amide bonds. The maximum atomic E-state index is 14.3. The Morgan fingerprint density at radius 2 is 0.652 bits per heavy atom. The zero-order valence-corrected chi connectivity index (χ0v) is 41.5. The van der Waals surface area contributed by atoms with Crippen molar-refractivity contribution in [3.05, 3.63) is 117 Å². The van der Waals surface area contributed by atoms with E-state index < -0.39 is 20.2 Å². The van der Waals surface area contributed by atoms with Crippen LogP contribution >= 0.6 is 31.9 Å². The van der Waals surface area contributed by atoms with Crippen molar-refractivity contribution in [3.63, 3.8) is 0 Å². The summed E-state index contributed by atoms with van der Waals surface area (Å²) in [6, 6.07) is 26.9. The van der Waals surface area contributed by atoms with E-state index in [4.69, 9.17) is 36.8 Å². The van der Waals surface area contributed by atoms with Crippen molar-refractivity contribution in [2.24, 2.45) is 0 Å². The zero-order chi connectivity index (χ0) is 47.0. The van der Waals surface area contributed by atoms with E-state index >= 15 is 0 Å². The molecule has 0 saturated carbocycles. The molecule has 12 nitrogen and oxygen atoms in total. The number of ether oxygens (including phenoxy) is 6. The van der Waals surface area contributed by atoms with Crippen LogP contribution in [0.25, 0.3) is 64.6 Å². The molecule has 0 aliphatic carbocycles. The van der Waals surface area contributed by atoms with Crippen LogP contribution in [-0.4, -0.2) is 59.5 Å². The van der Waals surface area contributed by atoms with Gasteiger partial charge in [-0.15, -0.1) is 0 Å². The number of aryl methyl sites for hydroxylation is 2. The normalized spacial score (nSPS) is 12.0. The molecule has 0 heterocycles. The summed E-state index contributed by atoms with van der Waals surface area (Å²) < 4.78 is 107. The number of hydrogen-bond acceptors (Lipinski definition) is 12. The molecule has 66 heavy (non-hydrogen) atoms. The fourth-order valence-corrected chi connectivity index (χ4v) is 11.8. The zero-order valence-electron chi connectivity index (χ0n) is 36.7. The van der Waals surface area contributed by atoms with E-state index in [9.17, 15) is 16.8 Å². The molecule has 0 radical (unpaired) electrons. The number of hydrogen-bond donors (Lipinski definition) is 0. The average Bonchev–Trinajstić information content (AvgIpc) is 3.31. The summed E-state index contributed by atoms with van der Waals surface area (Å²) in [6.45, 7) is 3.72. The topological polar surface area (TPSA) is 142 Å². The number of halogens is 2. The Morgan fingerprint density at radius 3 is 0.970 bits per heavy atom. The SMILES string of the molecule is COc1cc(Br)c(OS(=O)(=O)c2ccc(C)cc2)c2c1cc(OC)c1ccc3c(OC)c(OC)c4ccc5c(OC)cc6c(OC)cc(Br)c(OS(=O)(=O)c7ccc(C)cc7)c6c5c4c3c12. The molecule has 0 atom stereocenters. The molecule has 0 spiro atoms.